The highest BCUT2D eigenvalue weighted by atomic mass is 16.6. The second-order valence-corrected chi connectivity index (χ2v) is 16.4. The van der Waals surface area contributed by atoms with E-state index in [1.54, 1.807) is 0 Å². The van der Waals surface area contributed by atoms with Crippen molar-refractivity contribution in [3.05, 3.63) is 48.6 Å². The van der Waals surface area contributed by atoms with Crippen LogP contribution in [0.5, 0.6) is 0 Å². The molecule has 0 rings (SSSR count). The number of esters is 3. The van der Waals surface area contributed by atoms with E-state index in [1.165, 1.54) is 109 Å². The molecular weight excluding hydrogens is 721 g/mol. The third-order valence-corrected chi connectivity index (χ3v) is 10.5. The van der Waals surface area contributed by atoms with Gasteiger partial charge in [-0.3, -0.25) is 14.4 Å². The molecule has 0 spiro atoms. The zero-order valence-corrected chi connectivity index (χ0v) is 38.3. The molecule has 0 heterocycles. The Bertz CT molecular complexity index is 1030. The number of ether oxygens (including phenoxy) is 3. The van der Waals surface area contributed by atoms with Gasteiger partial charge in [-0.2, -0.15) is 0 Å². The fourth-order valence-electron chi connectivity index (χ4n) is 6.76. The van der Waals surface area contributed by atoms with Gasteiger partial charge in [0.25, 0.3) is 0 Å². The van der Waals surface area contributed by atoms with Crippen molar-refractivity contribution in [1.29, 1.82) is 0 Å². The van der Waals surface area contributed by atoms with Crippen molar-refractivity contribution in [2.75, 3.05) is 13.2 Å². The molecule has 1 unspecified atom stereocenters. The van der Waals surface area contributed by atoms with Crippen molar-refractivity contribution < 1.29 is 28.6 Å². The van der Waals surface area contributed by atoms with Gasteiger partial charge in [-0.1, -0.05) is 179 Å². The predicted octanol–water partition coefficient (Wildman–Crippen LogP) is 15.9. The summed E-state index contributed by atoms with van der Waals surface area (Å²) in [4.78, 5) is 37.8. The lowest BCUT2D eigenvalue weighted by Crippen LogP contribution is -2.30. The molecule has 0 fully saturated rings. The molecule has 1 atom stereocenters. The zero-order chi connectivity index (χ0) is 42.3. The number of hydrogen-bond donors (Lipinski definition) is 0. The van der Waals surface area contributed by atoms with Gasteiger partial charge in [0, 0.05) is 19.3 Å². The summed E-state index contributed by atoms with van der Waals surface area (Å²) in [7, 11) is 0. The molecule has 0 aromatic rings. The third-order valence-electron chi connectivity index (χ3n) is 10.5. The van der Waals surface area contributed by atoms with Crippen molar-refractivity contribution >= 4 is 17.9 Å². The van der Waals surface area contributed by atoms with E-state index in [9.17, 15) is 14.4 Å². The maximum atomic E-state index is 12.7. The van der Waals surface area contributed by atoms with Crippen LogP contribution >= 0.6 is 0 Å². The second kappa shape index (κ2) is 47.1. The van der Waals surface area contributed by atoms with Crippen molar-refractivity contribution in [1.82, 2.24) is 0 Å². The van der Waals surface area contributed by atoms with E-state index in [4.69, 9.17) is 14.2 Å². The quantitative estimate of drug-likeness (QED) is 0.0264. The first-order valence-corrected chi connectivity index (χ1v) is 24.6. The van der Waals surface area contributed by atoms with E-state index in [0.29, 0.717) is 19.3 Å². The molecule has 6 nitrogen and oxygen atoms in total. The average Bonchev–Trinajstić information content (AvgIpc) is 3.22. The summed E-state index contributed by atoms with van der Waals surface area (Å²) in [5.74, 6) is -0.908. The average molecular weight is 813 g/mol. The van der Waals surface area contributed by atoms with Crippen LogP contribution < -0.4 is 0 Å². The molecule has 0 bridgehead atoms. The molecule has 0 saturated heterocycles. The lowest BCUT2D eigenvalue weighted by Gasteiger charge is -2.18. The first-order valence-electron chi connectivity index (χ1n) is 24.6. The fraction of sp³-hybridized carbons (Fsp3) is 0.788. The number of allylic oxidation sites excluding steroid dienone is 8. The Labute approximate surface area is 358 Å². The van der Waals surface area contributed by atoms with Crippen molar-refractivity contribution in [2.24, 2.45) is 0 Å². The largest absolute Gasteiger partial charge is 0.462 e. The van der Waals surface area contributed by atoms with Gasteiger partial charge in [0.05, 0.1) is 0 Å². The van der Waals surface area contributed by atoms with Gasteiger partial charge in [-0.25, -0.2) is 0 Å². The summed E-state index contributed by atoms with van der Waals surface area (Å²) in [6, 6.07) is 0. The molecule has 336 valence electrons. The van der Waals surface area contributed by atoms with Crippen LogP contribution in [0, 0.1) is 0 Å². The van der Waals surface area contributed by atoms with Crippen LogP contribution in [0.25, 0.3) is 0 Å². The summed E-state index contributed by atoms with van der Waals surface area (Å²) >= 11 is 0. The Morgan fingerprint density at radius 2 is 0.655 bits per heavy atom. The summed E-state index contributed by atoms with van der Waals surface area (Å²) in [5.41, 5.74) is 0. The summed E-state index contributed by atoms with van der Waals surface area (Å²) < 4.78 is 16.7. The molecule has 0 N–H and O–H groups in total. The number of hydrogen-bond acceptors (Lipinski definition) is 6. The van der Waals surface area contributed by atoms with E-state index >= 15 is 0 Å². The Morgan fingerprint density at radius 3 is 1.07 bits per heavy atom. The minimum atomic E-state index is -0.781. The van der Waals surface area contributed by atoms with E-state index in [-0.39, 0.29) is 31.1 Å². The van der Waals surface area contributed by atoms with Crippen LogP contribution in [0.4, 0.5) is 0 Å². The number of rotatable bonds is 44. The van der Waals surface area contributed by atoms with Crippen LogP contribution in [0.1, 0.15) is 245 Å². The van der Waals surface area contributed by atoms with Crippen molar-refractivity contribution in [3.63, 3.8) is 0 Å². The predicted molar refractivity (Wildman–Crippen MR) is 247 cm³/mol. The first-order chi connectivity index (χ1) is 28.5. The van der Waals surface area contributed by atoms with Gasteiger partial charge < -0.3 is 14.2 Å². The minimum Gasteiger partial charge on any atom is -0.462 e. The lowest BCUT2D eigenvalue weighted by atomic mass is 10.1. The van der Waals surface area contributed by atoms with E-state index in [2.05, 4.69) is 69.4 Å². The van der Waals surface area contributed by atoms with Gasteiger partial charge in [0.1, 0.15) is 13.2 Å². The maximum Gasteiger partial charge on any atom is 0.306 e. The van der Waals surface area contributed by atoms with Crippen LogP contribution in [-0.4, -0.2) is 37.2 Å². The Morgan fingerprint density at radius 1 is 0.345 bits per heavy atom. The smallest absolute Gasteiger partial charge is 0.306 e. The monoisotopic (exact) mass is 813 g/mol. The van der Waals surface area contributed by atoms with E-state index in [1.807, 2.05) is 0 Å². The molecule has 0 radical (unpaired) electrons. The molecular formula is C52H92O6. The highest BCUT2D eigenvalue weighted by molar-refractivity contribution is 5.71. The fourth-order valence-corrected chi connectivity index (χ4v) is 6.76. The molecule has 0 saturated carbocycles. The molecule has 58 heavy (non-hydrogen) atoms. The Hall–Kier alpha value is -2.63. The van der Waals surface area contributed by atoms with Crippen LogP contribution in [-0.2, 0) is 28.6 Å². The van der Waals surface area contributed by atoms with Crippen molar-refractivity contribution in [3.8, 4) is 0 Å². The number of unbranched alkanes of at least 4 members (excludes halogenated alkanes) is 25. The van der Waals surface area contributed by atoms with E-state index in [0.717, 1.165) is 96.3 Å². The van der Waals surface area contributed by atoms with Gasteiger partial charge in [0.15, 0.2) is 6.10 Å². The summed E-state index contributed by atoms with van der Waals surface area (Å²) in [6.07, 6.45) is 55.2. The Kier molecular flexibility index (Phi) is 44.9. The molecule has 0 aromatic carbocycles. The highest BCUT2D eigenvalue weighted by Crippen LogP contribution is 2.14. The highest BCUT2D eigenvalue weighted by Gasteiger charge is 2.19. The third kappa shape index (κ3) is 44.5. The Balaban J connectivity index is 4.34. The van der Waals surface area contributed by atoms with Crippen LogP contribution in [0.15, 0.2) is 48.6 Å². The lowest BCUT2D eigenvalue weighted by molar-refractivity contribution is -0.167. The SMILES string of the molecule is CCC/C=C\CCCCCCCC(=O)OCC(COC(=O)CCCCCCCCC/C=C\C/C=C\CCCCCC)OC(=O)CCCCCCC/C=C\CCCCC. The molecule has 0 aliphatic carbocycles. The van der Waals surface area contributed by atoms with E-state index < -0.39 is 6.10 Å². The van der Waals surface area contributed by atoms with Crippen LogP contribution in [0.3, 0.4) is 0 Å². The summed E-state index contributed by atoms with van der Waals surface area (Å²) in [6.45, 7) is 6.51. The number of carbonyl (C=O) groups excluding carboxylic acids is 3. The summed E-state index contributed by atoms with van der Waals surface area (Å²) in [5, 5.41) is 0. The standard InChI is InChI=1S/C52H92O6/c1-4-7-10-13-16-19-22-24-25-26-27-28-29-31-33-36-39-42-45-51(54)57-48-49(47-56-50(53)44-41-38-35-32-21-18-15-12-9-6-3)58-52(55)46-43-40-37-34-30-23-20-17-14-11-8-5-2/h12,15,17,19-20,22,25-26,49H,4-11,13-14,16,18,21,23-24,27-48H2,1-3H3/b15-12-,20-17-,22-19-,26-25-. The molecule has 0 aromatic heterocycles. The minimum absolute atomic E-state index is 0.0830. The van der Waals surface area contributed by atoms with Gasteiger partial charge >= 0.3 is 17.9 Å². The topological polar surface area (TPSA) is 78.9 Å². The number of carbonyl (C=O) groups is 3. The van der Waals surface area contributed by atoms with Gasteiger partial charge in [-0.15, -0.1) is 0 Å². The second-order valence-electron chi connectivity index (χ2n) is 16.4. The van der Waals surface area contributed by atoms with Gasteiger partial charge in [0.2, 0.25) is 0 Å². The normalized spacial score (nSPS) is 12.4. The molecule has 0 aliphatic rings. The van der Waals surface area contributed by atoms with Crippen molar-refractivity contribution in [2.45, 2.75) is 252 Å². The van der Waals surface area contributed by atoms with Gasteiger partial charge in [-0.05, 0) is 96.3 Å². The zero-order valence-electron chi connectivity index (χ0n) is 38.3. The van der Waals surface area contributed by atoms with Crippen LogP contribution in [0.2, 0.25) is 0 Å². The first kappa shape index (κ1) is 55.4. The molecule has 0 aliphatic heterocycles. The maximum absolute atomic E-state index is 12.7. The molecule has 0 amide bonds. The molecule has 6 heteroatoms.